The van der Waals surface area contributed by atoms with E-state index >= 15 is 0 Å². The normalized spacial score (nSPS) is 9.00. The van der Waals surface area contributed by atoms with Crippen molar-refractivity contribution >= 4 is 6.09 Å². The summed E-state index contributed by atoms with van der Waals surface area (Å²) < 4.78 is 4.58. The van der Waals surface area contributed by atoms with Crippen LogP contribution in [0.5, 0.6) is 0 Å². The molecular formula is C6H13N2O2. The number of carbonyl (C=O) groups is 1. The molecule has 0 aliphatic heterocycles. The Hall–Kier alpha value is -0.770. The number of nitrogens with one attached hydrogen (secondary N) is 2. The van der Waals surface area contributed by atoms with Gasteiger partial charge in [-0.2, -0.15) is 0 Å². The van der Waals surface area contributed by atoms with E-state index in [2.05, 4.69) is 10.1 Å². The van der Waals surface area contributed by atoms with Crippen molar-refractivity contribution in [2.24, 2.45) is 0 Å². The Bertz CT molecular complexity index is 95.7. The molecule has 4 heteroatoms. The van der Waals surface area contributed by atoms with E-state index in [1.54, 1.807) is 6.92 Å². The number of rotatable bonds is 4. The number of amides is 1. The third kappa shape index (κ3) is 5.37. The first-order valence-electron chi connectivity index (χ1n) is 3.36. The second-order valence-corrected chi connectivity index (χ2v) is 1.75. The first-order chi connectivity index (χ1) is 4.81. The Labute approximate surface area is 60.7 Å². The van der Waals surface area contributed by atoms with Gasteiger partial charge in [0.25, 0.3) is 0 Å². The quantitative estimate of drug-likeness (QED) is 0.582. The third-order valence-electron chi connectivity index (χ3n) is 0.898. The Morgan fingerprint density at radius 3 is 2.90 bits per heavy atom. The van der Waals surface area contributed by atoms with E-state index in [9.17, 15) is 4.79 Å². The molecule has 0 atom stereocenters. The number of hydrogen-bond donors (Lipinski definition) is 1. The van der Waals surface area contributed by atoms with Crippen molar-refractivity contribution < 1.29 is 9.53 Å². The summed E-state index contributed by atoms with van der Waals surface area (Å²) in [6, 6.07) is 0. The molecule has 4 nitrogen and oxygen atoms in total. The number of ether oxygens (including phenoxy) is 1. The van der Waals surface area contributed by atoms with Crippen LogP contribution in [-0.4, -0.2) is 25.8 Å². The molecule has 0 saturated carbocycles. The molecule has 1 amide bonds. The van der Waals surface area contributed by atoms with Crippen LogP contribution in [0.15, 0.2) is 0 Å². The lowest BCUT2D eigenvalue weighted by molar-refractivity contribution is 0.152. The van der Waals surface area contributed by atoms with Gasteiger partial charge in [0.05, 0.1) is 6.61 Å². The molecule has 1 radical (unpaired) electrons. The lowest BCUT2D eigenvalue weighted by Gasteiger charge is -2.02. The predicted octanol–water partition coefficient (Wildman–Crippen LogP) is 0.405. The molecule has 10 heavy (non-hydrogen) atoms. The summed E-state index contributed by atoms with van der Waals surface area (Å²) >= 11 is 0. The van der Waals surface area contributed by atoms with Gasteiger partial charge in [0.1, 0.15) is 0 Å². The molecule has 0 fully saturated rings. The Balaban J connectivity index is 3.05. The molecule has 0 saturated heterocycles. The van der Waals surface area contributed by atoms with Gasteiger partial charge < -0.3 is 10.1 Å². The highest BCUT2D eigenvalue weighted by atomic mass is 16.5. The van der Waals surface area contributed by atoms with E-state index < -0.39 is 6.09 Å². The summed E-state index contributed by atoms with van der Waals surface area (Å²) in [7, 11) is 0. The van der Waals surface area contributed by atoms with Gasteiger partial charge in [-0.1, -0.05) is 0 Å². The van der Waals surface area contributed by atoms with Crippen molar-refractivity contribution in [3.8, 4) is 0 Å². The minimum atomic E-state index is -0.393. The van der Waals surface area contributed by atoms with Crippen molar-refractivity contribution in [3.63, 3.8) is 0 Å². The van der Waals surface area contributed by atoms with Crippen LogP contribution in [0.3, 0.4) is 0 Å². The minimum absolute atomic E-state index is 0.340. The van der Waals surface area contributed by atoms with Crippen LogP contribution in [0, 0.1) is 0 Å². The molecule has 0 aromatic carbocycles. The van der Waals surface area contributed by atoms with Crippen LogP contribution < -0.4 is 11.1 Å². The van der Waals surface area contributed by atoms with Crippen molar-refractivity contribution in [2.45, 2.75) is 13.3 Å². The Morgan fingerprint density at radius 1 is 1.70 bits per heavy atom. The van der Waals surface area contributed by atoms with E-state index in [-0.39, 0.29) is 0 Å². The van der Waals surface area contributed by atoms with Crippen LogP contribution in [0.1, 0.15) is 13.3 Å². The maximum Gasteiger partial charge on any atom is 0.407 e. The zero-order chi connectivity index (χ0) is 7.82. The fraction of sp³-hybridized carbons (Fsp3) is 0.833. The van der Waals surface area contributed by atoms with Crippen molar-refractivity contribution in [3.05, 3.63) is 0 Å². The average Bonchev–Trinajstić information content (AvgIpc) is 1.89. The molecule has 0 aliphatic carbocycles. The highest BCUT2D eigenvalue weighted by molar-refractivity contribution is 5.66. The molecule has 2 N–H and O–H groups in total. The van der Waals surface area contributed by atoms with E-state index in [1.165, 1.54) is 0 Å². The Morgan fingerprint density at radius 2 is 2.40 bits per heavy atom. The van der Waals surface area contributed by atoms with Crippen LogP contribution in [0.25, 0.3) is 0 Å². The fourth-order valence-electron chi connectivity index (χ4n) is 0.461. The first kappa shape index (κ1) is 9.23. The van der Waals surface area contributed by atoms with E-state index in [4.69, 9.17) is 5.73 Å². The van der Waals surface area contributed by atoms with Crippen molar-refractivity contribution in [1.82, 2.24) is 11.1 Å². The second kappa shape index (κ2) is 6.35. The molecule has 0 bridgehead atoms. The highest BCUT2D eigenvalue weighted by Crippen LogP contribution is 1.77. The molecule has 0 heterocycles. The van der Waals surface area contributed by atoms with Crippen LogP contribution in [-0.2, 0) is 4.74 Å². The zero-order valence-electron chi connectivity index (χ0n) is 6.14. The maximum absolute atomic E-state index is 10.5. The fourth-order valence-corrected chi connectivity index (χ4v) is 0.461. The SMILES string of the molecule is CCOC(=O)NCCC[NH]. The minimum Gasteiger partial charge on any atom is -0.450 e. The first-order valence-corrected chi connectivity index (χ1v) is 3.36. The van der Waals surface area contributed by atoms with E-state index in [0.29, 0.717) is 26.1 Å². The summed E-state index contributed by atoms with van der Waals surface area (Å²) in [5, 5.41) is 2.50. The molecule has 0 aromatic heterocycles. The van der Waals surface area contributed by atoms with E-state index in [0.717, 1.165) is 0 Å². The summed E-state index contributed by atoms with van der Waals surface area (Å²) in [6.45, 7) is 3.02. The third-order valence-corrected chi connectivity index (χ3v) is 0.898. The van der Waals surface area contributed by atoms with Gasteiger partial charge in [-0.3, -0.25) is 5.73 Å². The molecule has 0 aromatic rings. The smallest absolute Gasteiger partial charge is 0.407 e. The second-order valence-electron chi connectivity index (χ2n) is 1.75. The summed E-state index contributed by atoms with van der Waals surface area (Å²) in [6.07, 6.45) is 0.287. The highest BCUT2D eigenvalue weighted by Gasteiger charge is 1.95. The molecule has 0 rings (SSSR count). The summed E-state index contributed by atoms with van der Waals surface area (Å²) in [5.74, 6) is 0. The van der Waals surface area contributed by atoms with Gasteiger partial charge in [0, 0.05) is 13.1 Å². The van der Waals surface area contributed by atoms with Gasteiger partial charge >= 0.3 is 6.09 Å². The lowest BCUT2D eigenvalue weighted by atomic mass is 10.4. The topological polar surface area (TPSA) is 62.1 Å². The summed E-state index contributed by atoms with van der Waals surface area (Å²) in [5.41, 5.74) is 6.76. The lowest BCUT2D eigenvalue weighted by Crippen LogP contribution is -2.25. The summed E-state index contributed by atoms with van der Waals surface area (Å²) in [4.78, 5) is 10.5. The molecule has 0 aliphatic rings. The molecule has 0 spiro atoms. The van der Waals surface area contributed by atoms with Crippen molar-refractivity contribution in [1.29, 1.82) is 0 Å². The number of hydrogen-bond acceptors (Lipinski definition) is 2. The van der Waals surface area contributed by atoms with E-state index in [1.807, 2.05) is 0 Å². The molecular weight excluding hydrogens is 132 g/mol. The zero-order valence-corrected chi connectivity index (χ0v) is 6.14. The van der Waals surface area contributed by atoms with Gasteiger partial charge in [-0.25, -0.2) is 4.79 Å². The monoisotopic (exact) mass is 145 g/mol. The standard InChI is InChI=1S/C6H13N2O2/c1-2-10-6(9)8-5-3-4-7/h7H,2-5H2,1H3,(H,8,9). The molecule has 0 unspecified atom stereocenters. The van der Waals surface area contributed by atoms with Crippen LogP contribution in [0.4, 0.5) is 4.79 Å². The largest absolute Gasteiger partial charge is 0.450 e. The Kier molecular flexibility index (Phi) is 5.86. The number of alkyl carbamates (subject to hydrolysis) is 1. The van der Waals surface area contributed by atoms with Gasteiger partial charge in [0.15, 0.2) is 0 Å². The van der Waals surface area contributed by atoms with Gasteiger partial charge in [-0.05, 0) is 13.3 Å². The van der Waals surface area contributed by atoms with Crippen molar-refractivity contribution in [2.75, 3.05) is 19.7 Å². The maximum atomic E-state index is 10.5. The average molecular weight is 145 g/mol. The van der Waals surface area contributed by atoms with Gasteiger partial charge in [-0.15, -0.1) is 0 Å². The predicted molar refractivity (Wildman–Crippen MR) is 37.6 cm³/mol. The van der Waals surface area contributed by atoms with Gasteiger partial charge in [0.2, 0.25) is 0 Å². The van der Waals surface area contributed by atoms with Crippen LogP contribution in [0.2, 0.25) is 0 Å². The molecule has 59 valence electrons. The number of carbonyl (C=O) groups excluding carboxylic acids is 1. The van der Waals surface area contributed by atoms with Crippen LogP contribution >= 0.6 is 0 Å².